The van der Waals surface area contributed by atoms with E-state index in [1.54, 1.807) is 11.1 Å². The number of piperidine rings is 1. The molecule has 1 aliphatic rings. The fourth-order valence-electron chi connectivity index (χ4n) is 5.01. The van der Waals surface area contributed by atoms with Crippen molar-refractivity contribution in [3.8, 4) is 17.2 Å². The lowest BCUT2D eigenvalue weighted by atomic mass is 10.1. The van der Waals surface area contributed by atoms with Gasteiger partial charge in [0.05, 0.1) is 35.1 Å². The number of hydrogen-bond donors (Lipinski definition) is 2. The topological polar surface area (TPSA) is 91.3 Å². The third-order valence-electron chi connectivity index (χ3n) is 7.10. The van der Waals surface area contributed by atoms with E-state index in [0.29, 0.717) is 21.5 Å². The predicted octanol–water partition coefficient (Wildman–Crippen LogP) is 7.54. The number of nitrogens with one attached hydrogen (secondary N) is 1. The first-order valence-electron chi connectivity index (χ1n) is 13.8. The highest BCUT2D eigenvalue weighted by Gasteiger charge is 2.25. The number of amides is 1. The summed E-state index contributed by atoms with van der Waals surface area (Å²) in [5.74, 6) is 0.252. The van der Waals surface area contributed by atoms with Crippen LogP contribution in [0, 0.1) is 0 Å². The van der Waals surface area contributed by atoms with E-state index in [-0.39, 0.29) is 23.6 Å². The first-order valence-corrected chi connectivity index (χ1v) is 14.6. The Bertz CT molecular complexity index is 1540. The maximum Gasteiger partial charge on any atom is 0.339 e. The molecule has 0 radical (unpaired) electrons. The molecule has 1 heterocycles. The maximum atomic E-state index is 14.1. The summed E-state index contributed by atoms with van der Waals surface area (Å²) >= 11 is 3.47. The Kier molecular flexibility index (Phi) is 9.28. The van der Waals surface area contributed by atoms with Crippen LogP contribution < -0.4 is 24.8 Å². The lowest BCUT2D eigenvalue weighted by Crippen LogP contribution is -2.39. The van der Waals surface area contributed by atoms with Crippen LogP contribution in [0.1, 0.15) is 35.2 Å². The number of carboxylic acid groups (broad SMARTS) is 1. The van der Waals surface area contributed by atoms with Crippen molar-refractivity contribution in [2.45, 2.75) is 25.7 Å². The Labute approximate surface area is 253 Å². The second-order valence-electron chi connectivity index (χ2n) is 9.92. The molecule has 9 heteroatoms. The number of hydrogen-bond acceptors (Lipinski definition) is 6. The lowest BCUT2D eigenvalue weighted by molar-refractivity contribution is -0.117. The third-order valence-corrected chi connectivity index (χ3v) is 7.97. The largest absolute Gasteiger partial charge is 0.495 e. The molecule has 1 aliphatic heterocycles. The van der Waals surface area contributed by atoms with Gasteiger partial charge in [-0.15, -0.1) is 0 Å². The second-order valence-corrected chi connectivity index (χ2v) is 10.7. The van der Waals surface area contributed by atoms with Crippen LogP contribution in [0.15, 0.2) is 95.5 Å². The summed E-state index contributed by atoms with van der Waals surface area (Å²) in [5, 5.41) is 11.1. The van der Waals surface area contributed by atoms with Crippen LogP contribution in [0.25, 0.3) is 0 Å². The molecular weight excluding hydrogens is 598 g/mol. The van der Waals surface area contributed by atoms with Crippen molar-refractivity contribution < 1.29 is 24.2 Å². The first kappa shape index (κ1) is 29.0. The van der Waals surface area contributed by atoms with Gasteiger partial charge in [0.15, 0.2) is 0 Å². The van der Waals surface area contributed by atoms with E-state index in [1.807, 2.05) is 78.9 Å². The van der Waals surface area contributed by atoms with E-state index >= 15 is 0 Å². The van der Waals surface area contributed by atoms with E-state index in [0.717, 1.165) is 43.1 Å². The Morgan fingerprint density at radius 2 is 1.55 bits per heavy atom. The van der Waals surface area contributed by atoms with Crippen LogP contribution in [0.2, 0.25) is 0 Å². The van der Waals surface area contributed by atoms with Crippen LogP contribution in [-0.2, 0) is 11.2 Å². The molecule has 1 fully saturated rings. The van der Waals surface area contributed by atoms with Gasteiger partial charge in [-0.05, 0) is 95.4 Å². The minimum atomic E-state index is -1.11. The van der Waals surface area contributed by atoms with E-state index in [1.165, 1.54) is 19.6 Å². The molecular formula is C33H32BrN3O5. The van der Waals surface area contributed by atoms with E-state index < -0.39 is 5.97 Å². The van der Waals surface area contributed by atoms with Gasteiger partial charge in [0.25, 0.3) is 0 Å². The number of methoxy groups -OCH3 is 1. The van der Waals surface area contributed by atoms with Crippen LogP contribution in [-0.4, -0.2) is 37.2 Å². The molecule has 4 aromatic rings. The fourth-order valence-corrected chi connectivity index (χ4v) is 5.65. The van der Waals surface area contributed by atoms with Crippen molar-refractivity contribution in [3.05, 3.63) is 107 Å². The van der Waals surface area contributed by atoms with Crippen molar-refractivity contribution >= 4 is 44.9 Å². The number of aromatic carboxylic acids is 1. The zero-order chi connectivity index (χ0) is 29.5. The number of benzene rings is 4. The highest BCUT2D eigenvalue weighted by molar-refractivity contribution is 9.10. The minimum Gasteiger partial charge on any atom is -0.495 e. The van der Waals surface area contributed by atoms with Gasteiger partial charge in [0.2, 0.25) is 5.91 Å². The molecule has 0 atom stereocenters. The highest BCUT2D eigenvalue weighted by atomic mass is 79.9. The smallest absolute Gasteiger partial charge is 0.339 e. The first-order chi connectivity index (χ1) is 20.4. The number of ether oxygens (including phenoxy) is 2. The molecule has 0 aromatic heterocycles. The SMILES string of the molecule is COc1c(C(=O)O)ccc(CC(=O)N(Nc2ccc(Oc3ccccc3)cc2)c2ccccc2N2CCCCC2)c1Br. The molecule has 1 amide bonds. The molecule has 4 aromatic carbocycles. The van der Waals surface area contributed by atoms with Gasteiger partial charge in [-0.25, -0.2) is 9.80 Å². The number of carboxylic acids is 1. The monoisotopic (exact) mass is 629 g/mol. The standard InChI is InChI=1S/C33H32BrN3O5/c1-41-32-27(33(39)40)19-14-23(31(32)34)22-30(38)37(29-13-7-6-12-28(29)36-20-8-3-9-21-36)35-24-15-17-26(18-16-24)42-25-10-4-2-5-11-25/h2,4-7,10-19,35H,3,8-9,20-22H2,1H3,(H,39,40). The molecule has 0 saturated carbocycles. The van der Waals surface area contributed by atoms with Crippen molar-refractivity contribution in [2.75, 3.05) is 35.5 Å². The number of para-hydroxylation sites is 3. The molecule has 216 valence electrons. The Morgan fingerprint density at radius 3 is 2.24 bits per heavy atom. The minimum absolute atomic E-state index is 0.00657. The average Bonchev–Trinajstić information content (AvgIpc) is 3.02. The third kappa shape index (κ3) is 6.69. The van der Waals surface area contributed by atoms with E-state index in [2.05, 4.69) is 26.3 Å². The van der Waals surface area contributed by atoms with Gasteiger partial charge in [-0.1, -0.05) is 36.4 Å². The summed E-state index contributed by atoms with van der Waals surface area (Å²) in [6.07, 6.45) is 3.38. The number of carbonyl (C=O) groups excluding carboxylic acids is 1. The number of anilines is 3. The van der Waals surface area contributed by atoms with Crippen LogP contribution >= 0.6 is 15.9 Å². The fraction of sp³-hybridized carbons (Fsp3) is 0.212. The molecule has 2 N–H and O–H groups in total. The van der Waals surface area contributed by atoms with Crippen LogP contribution in [0.4, 0.5) is 17.1 Å². The number of carbonyl (C=O) groups is 2. The molecule has 8 nitrogen and oxygen atoms in total. The number of nitrogens with zero attached hydrogens (tertiary/aromatic N) is 2. The average molecular weight is 631 g/mol. The quantitative estimate of drug-likeness (QED) is 0.175. The van der Waals surface area contributed by atoms with Crippen LogP contribution in [0.3, 0.4) is 0 Å². The van der Waals surface area contributed by atoms with Gasteiger partial charge in [0, 0.05) is 13.1 Å². The number of hydrazine groups is 1. The van der Waals surface area contributed by atoms with Crippen molar-refractivity contribution in [2.24, 2.45) is 0 Å². The van der Waals surface area contributed by atoms with Gasteiger partial charge in [-0.3, -0.25) is 10.2 Å². The number of rotatable bonds is 10. The molecule has 42 heavy (non-hydrogen) atoms. The van der Waals surface area contributed by atoms with E-state index in [4.69, 9.17) is 9.47 Å². The van der Waals surface area contributed by atoms with Gasteiger partial charge in [-0.2, -0.15) is 0 Å². The zero-order valence-corrected chi connectivity index (χ0v) is 24.8. The summed E-state index contributed by atoms with van der Waals surface area (Å²) < 4.78 is 11.7. The Hall–Kier alpha value is -4.50. The van der Waals surface area contributed by atoms with Crippen LogP contribution in [0.5, 0.6) is 17.2 Å². The molecule has 0 aliphatic carbocycles. The predicted molar refractivity (Wildman–Crippen MR) is 168 cm³/mol. The summed E-state index contributed by atoms with van der Waals surface area (Å²) in [6.45, 7) is 1.84. The zero-order valence-electron chi connectivity index (χ0n) is 23.3. The Morgan fingerprint density at radius 1 is 0.881 bits per heavy atom. The molecule has 0 spiro atoms. The van der Waals surface area contributed by atoms with Gasteiger partial charge in [0.1, 0.15) is 22.8 Å². The summed E-state index contributed by atoms with van der Waals surface area (Å²) in [4.78, 5) is 28.1. The van der Waals surface area contributed by atoms with Gasteiger partial charge < -0.3 is 19.5 Å². The summed E-state index contributed by atoms with van der Waals surface area (Å²) in [5.41, 5.74) is 6.36. The summed E-state index contributed by atoms with van der Waals surface area (Å²) in [7, 11) is 1.41. The maximum absolute atomic E-state index is 14.1. The van der Waals surface area contributed by atoms with Gasteiger partial charge >= 0.3 is 5.97 Å². The van der Waals surface area contributed by atoms with Crippen molar-refractivity contribution in [1.82, 2.24) is 0 Å². The highest BCUT2D eigenvalue weighted by Crippen LogP contribution is 2.36. The molecule has 0 bridgehead atoms. The second kappa shape index (κ2) is 13.4. The lowest BCUT2D eigenvalue weighted by Gasteiger charge is -2.34. The summed E-state index contributed by atoms with van der Waals surface area (Å²) in [6, 6.07) is 27.9. The van der Waals surface area contributed by atoms with Crippen molar-refractivity contribution in [3.63, 3.8) is 0 Å². The molecule has 0 unspecified atom stereocenters. The Balaban J connectivity index is 1.46. The molecule has 5 rings (SSSR count). The number of halogens is 1. The van der Waals surface area contributed by atoms with E-state index in [9.17, 15) is 14.7 Å². The molecule has 1 saturated heterocycles. The van der Waals surface area contributed by atoms with Crippen molar-refractivity contribution in [1.29, 1.82) is 0 Å². The normalized spacial score (nSPS) is 12.9.